The van der Waals surface area contributed by atoms with Crippen LogP contribution in [0.1, 0.15) is 34.5 Å². The van der Waals surface area contributed by atoms with Crippen LogP contribution in [-0.4, -0.2) is 45.7 Å². The summed E-state index contributed by atoms with van der Waals surface area (Å²) in [5, 5.41) is 0. The van der Waals surface area contributed by atoms with Crippen molar-refractivity contribution in [1.82, 2.24) is 0 Å². The molecule has 3 aromatic carbocycles. The number of fused-ring (bicyclic) bond motifs is 2. The molecule has 0 spiro atoms. The number of esters is 2. The molecule has 0 saturated carbocycles. The Morgan fingerprint density at radius 1 is 0.811 bits per heavy atom. The number of rotatable bonds is 5. The van der Waals surface area contributed by atoms with E-state index >= 15 is 0 Å². The van der Waals surface area contributed by atoms with E-state index in [9.17, 15) is 9.59 Å². The van der Waals surface area contributed by atoms with Gasteiger partial charge in [-0.05, 0) is 30.7 Å². The van der Waals surface area contributed by atoms with Gasteiger partial charge in [0.2, 0.25) is 13.1 Å². The number of aryl methyl sites for hydroxylation is 1. The number of benzene rings is 3. The van der Waals surface area contributed by atoms with Crippen LogP contribution in [0.5, 0.6) is 23.0 Å². The maximum atomic E-state index is 13.6. The molecule has 192 valence electrons. The van der Waals surface area contributed by atoms with Crippen LogP contribution in [0.2, 0.25) is 0 Å². The highest BCUT2D eigenvalue weighted by Gasteiger charge is 2.61. The Morgan fingerprint density at radius 3 is 2.00 bits per heavy atom. The van der Waals surface area contributed by atoms with Crippen LogP contribution in [-0.2, 0) is 23.8 Å². The number of methoxy groups -OCH3 is 3. The Bertz CT molecular complexity index is 1300. The van der Waals surface area contributed by atoms with Crippen molar-refractivity contribution in [3.63, 3.8) is 0 Å². The van der Waals surface area contributed by atoms with E-state index < -0.39 is 29.7 Å². The summed E-state index contributed by atoms with van der Waals surface area (Å²) in [6.45, 7) is 1.98. The minimum absolute atomic E-state index is 0.0302. The summed E-state index contributed by atoms with van der Waals surface area (Å²) in [5.74, 6) is -1.06. The third-order valence-corrected chi connectivity index (χ3v) is 6.53. The Morgan fingerprint density at radius 2 is 1.41 bits per heavy atom. The zero-order valence-corrected chi connectivity index (χ0v) is 20.8. The van der Waals surface area contributed by atoms with Crippen LogP contribution in [0.4, 0.5) is 0 Å². The van der Waals surface area contributed by atoms with Crippen molar-refractivity contribution < 1.29 is 42.7 Å². The Balaban J connectivity index is 1.81. The van der Waals surface area contributed by atoms with Gasteiger partial charge in [-0.25, -0.2) is 9.59 Å². The van der Waals surface area contributed by atoms with E-state index in [4.69, 9.17) is 33.2 Å². The smallest absolute Gasteiger partial charge is 0.351 e. The Hall–Kier alpha value is -4.24. The van der Waals surface area contributed by atoms with Crippen LogP contribution in [0.3, 0.4) is 0 Å². The molecule has 2 aliphatic heterocycles. The lowest BCUT2D eigenvalue weighted by Crippen LogP contribution is -2.55. The third kappa shape index (κ3) is 4.11. The van der Waals surface area contributed by atoms with Gasteiger partial charge in [0.05, 0.1) is 27.2 Å². The molecule has 5 rings (SSSR count). The normalized spacial score (nSPS) is 19.1. The van der Waals surface area contributed by atoms with Gasteiger partial charge in [-0.3, -0.25) is 0 Å². The van der Waals surface area contributed by atoms with E-state index in [2.05, 4.69) is 0 Å². The van der Waals surface area contributed by atoms with Gasteiger partial charge in [0.25, 0.3) is 5.60 Å². The highest BCUT2D eigenvalue weighted by Crippen LogP contribution is 2.52. The summed E-state index contributed by atoms with van der Waals surface area (Å²) >= 11 is 0. The number of ether oxygens (including phenoxy) is 7. The summed E-state index contributed by atoms with van der Waals surface area (Å²) in [6, 6.07) is 17.7. The van der Waals surface area contributed by atoms with Gasteiger partial charge in [-0.1, -0.05) is 42.0 Å². The second-order valence-electron chi connectivity index (χ2n) is 8.65. The second-order valence-corrected chi connectivity index (χ2v) is 8.65. The van der Waals surface area contributed by atoms with E-state index in [1.165, 1.54) is 14.2 Å². The van der Waals surface area contributed by atoms with Crippen LogP contribution < -0.4 is 18.9 Å². The number of hydrogen-bond donors (Lipinski definition) is 0. The van der Waals surface area contributed by atoms with Crippen LogP contribution >= 0.6 is 0 Å². The zero-order valence-electron chi connectivity index (χ0n) is 20.8. The summed E-state index contributed by atoms with van der Waals surface area (Å²) < 4.78 is 39.6. The number of carbonyl (C=O) groups is 2. The summed E-state index contributed by atoms with van der Waals surface area (Å²) in [7, 11) is 3.93. The van der Waals surface area contributed by atoms with E-state index in [0.29, 0.717) is 39.7 Å². The van der Waals surface area contributed by atoms with Crippen molar-refractivity contribution in [3.8, 4) is 23.0 Å². The van der Waals surface area contributed by atoms with Crippen LogP contribution in [0.25, 0.3) is 0 Å². The maximum Gasteiger partial charge on any atom is 0.351 e. The minimum atomic E-state index is -2.27. The standard InChI is InChI=1S/C28H26O9/c1-16-5-7-18(8-6-16)25-36-21-14-23-22(34-15-35-23)13-20(21)24(17-9-11-19(31-2)12-10-17)28(37-25,26(29)32-3)27(30)33-4/h5-14,24-25H,15H2,1-4H3/t24-,25-/m0/s1. The molecule has 0 aromatic heterocycles. The molecule has 0 aliphatic carbocycles. The first-order valence-electron chi connectivity index (χ1n) is 11.6. The fraction of sp³-hybridized carbons (Fsp3) is 0.286. The first kappa shape index (κ1) is 24.5. The first-order valence-corrected chi connectivity index (χ1v) is 11.6. The highest BCUT2D eigenvalue weighted by atomic mass is 16.7. The lowest BCUT2D eigenvalue weighted by Gasteiger charge is -2.35. The molecule has 0 radical (unpaired) electrons. The maximum absolute atomic E-state index is 13.6. The largest absolute Gasteiger partial charge is 0.497 e. The van der Waals surface area contributed by atoms with Crippen molar-refractivity contribution in [2.45, 2.75) is 24.7 Å². The van der Waals surface area contributed by atoms with Crippen molar-refractivity contribution >= 4 is 11.9 Å². The summed E-state index contributed by atoms with van der Waals surface area (Å²) in [5.41, 5.74) is 0.350. The van der Waals surface area contributed by atoms with Gasteiger partial charge >= 0.3 is 11.9 Å². The Kier molecular flexibility index (Phi) is 6.39. The summed E-state index contributed by atoms with van der Waals surface area (Å²) in [6.07, 6.45) is -1.17. The van der Waals surface area contributed by atoms with Gasteiger partial charge in [-0.2, -0.15) is 0 Å². The molecular formula is C28H26O9. The van der Waals surface area contributed by atoms with Crippen LogP contribution in [0.15, 0.2) is 60.7 Å². The molecule has 0 fully saturated rings. The average Bonchev–Trinajstić information content (AvgIpc) is 3.33. The molecule has 0 N–H and O–H groups in total. The van der Waals surface area contributed by atoms with Gasteiger partial charge in [-0.15, -0.1) is 0 Å². The third-order valence-electron chi connectivity index (χ3n) is 6.53. The van der Waals surface area contributed by atoms with E-state index in [0.717, 1.165) is 5.56 Å². The molecule has 0 saturated heterocycles. The lowest BCUT2D eigenvalue weighted by molar-refractivity contribution is -0.215. The highest BCUT2D eigenvalue weighted by molar-refractivity contribution is 6.06. The molecule has 2 heterocycles. The quantitative estimate of drug-likeness (QED) is 0.375. The predicted molar refractivity (Wildman–Crippen MR) is 130 cm³/mol. The molecule has 0 bridgehead atoms. The molecule has 37 heavy (non-hydrogen) atoms. The molecule has 9 heteroatoms. The fourth-order valence-electron chi connectivity index (χ4n) is 4.65. The predicted octanol–water partition coefficient (Wildman–Crippen LogP) is 4.06. The fourth-order valence-corrected chi connectivity index (χ4v) is 4.65. The van der Waals surface area contributed by atoms with Crippen molar-refractivity contribution in [3.05, 3.63) is 82.9 Å². The first-order chi connectivity index (χ1) is 17.9. The molecule has 2 aliphatic rings. The van der Waals surface area contributed by atoms with Gasteiger partial charge in [0, 0.05) is 17.2 Å². The SMILES string of the molecule is COC(=O)C1(C(=O)OC)O[C@@H](c2ccc(C)cc2)Oc2cc3c(cc2[C@@H]1c1ccc(OC)cc1)OCO3. The molecule has 0 amide bonds. The molecular weight excluding hydrogens is 480 g/mol. The average molecular weight is 507 g/mol. The minimum Gasteiger partial charge on any atom is -0.497 e. The summed E-state index contributed by atoms with van der Waals surface area (Å²) in [4.78, 5) is 27.3. The van der Waals surface area contributed by atoms with Gasteiger partial charge in [0.15, 0.2) is 11.5 Å². The van der Waals surface area contributed by atoms with Gasteiger partial charge in [0.1, 0.15) is 11.5 Å². The molecule has 0 unspecified atom stereocenters. The molecule has 9 nitrogen and oxygen atoms in total. The van der Waals surface area contributed by atoms with Crippen molar-refractivity contribution in [1.29, 1.82) is 0 Å². The van der Waals surface area contributed by atoms with Crippen LogP contribution in [0, 0.1) is 6.92 Å². The molecule has 2 atom stereocenters. The number of hydrogen-bond acceptors (Lipinski definition) is 9. The lowest BCUT2D eigenvalue weighted by atomic mass is 9.76. The second kappa shape index (κ2) is 9.67. The Labute approximate surface area is 213 Å². The van der Waals surface area contributed by atoms with E-state index in [-0.39, 0.29) is 6.79 Å². The topological polar surface area (TPSA) is 98.8 Å². The molecule has 3 aromatic rings. The van der Waals surface area contributed by atoms with Crippen molar-refractivity contribution in [2.75, 3.05) is 28.1 Å². The van der Waals surface area contributed by atoms with Gasteiger partial charge < -0.3 is 33.2 Å². The zero-order chi connectivity index (χ0) is 26.2. The van der Waals surface area contributed by atoms with E-state index in [1.54, 1.807) is 55.6 Å². The van der Waals surface area contributed by atoms with Crippen molar-refractivity contribution in [2.24, 2.45) is 0 Å². The van der Waals surface area contributed by atoms with E-state index in [1.807, 2.05) is 19.1 Å². The monoisotopic (exact) mass is 506 g/mol. The number of carbonyl (C=O) groups excluding carboxylic acids is 2.